The predicted octanol–water partition coefficient (Wildman–Crippen LogP) is 2.85. The fourth-order valence-electron chi connectivity index (χ4n) is 2.82. The van der Waals surface area contributed by atoms with Crippen LogP contribution in [0.3, 0.4) is 0 Å². The monoisotopic (exact) mass is 307 g/mol. The molecule has 0 radical (unpaired) electrons. The van der Waals surface area contributed by atoms with Crippen molar-refractivity contribution in [1.82, 2.24) is 25.5 Å². The number of aromatic amines is 1. The van der Waals surface area contributed by atoms with Crippen molar-refractivity contribution in [3.8, 4) is 0 Å². The summed E-state index contributed by atoms with van der Waals surface area (Å²) in [6.45, 7) is 1.66. The zero-order chi connectivity index (χ0) is 15.9. The van der Waals surface area contributed by atoms with Crippen LogP contribution in [-0.2, 0) is 6.54 Å². The van der Waals surface area contributed by atoms with Crippen LogP contribution in [0.1, 0.15) is 29.3 Å². The standard InChI is InChI=1S/C18H21N5/c1-23(14-18-19-21-22-20-18)13-12-17(15-8-4-2-5-9-15)16-10-6-3-7-11-16/h2-11,17H,12-14H2,1H3,(H,19,20,21,22). The second-order valence-electron chi connectivity index (χ2n) is 5.73. The van der Waals surface area contributed by atoms with E-state index >= 15 is 0 Å². The zero-order valence-corrected chi connectivity index (χ0v) is 13.3. The second kappa shape index (κ2) is 7.65. The van der Waals surface area contributed by atoms with Crippen molar-refractivity contribution in [1.29, 1.82) is 0 Å². The molecule has 0 aliphatic carbocycles. The van der Waals surface area contributed by atoms with Crippen molar-refractivity contribution in [2.75, 3.05) is 13.6 Å². The van der Waals surface area contributed by atoms with E-state index < -0.39 is 0 Å². The van der Waals surface area contributed by atoms with E-state index in [1.165, 1.54) is 11.1 Å². The maximum atomic E-state index is 4.01. The van der Waals surface area contributed by atoms with Gasteiger partial charge in [-0.1, -0.05) is 65.9 Å². The molecule has 3 rings (SSSR count). The van der Waals surface area contributed by atoms with Crippen molar-refractivity contribution in [3.05, 3.63) is 77.6 Å². The minimum atomic E-state index is 0.394. The first kappa shape index (κ1) is 15.4. The number of rotatable bonds is 7. The maximum Gasteiger partial charge on any atom is 0.188 e. The summed E-state index contributed by atoms with van der Waals surface area (Å²) in [5.74, 6) is 1.12. The van der Waals surface area contributed by atoms with Crippen LogP contribution in [-0.4, -0.2) is 39.1 Å². The van der Waals surface area contributed by atoms with Gasteiger partial charge in [-0.2, -0.15) is 5.21 Å². The molecule has 0 fully saturated rings. The van der Waals surface area contributed by atoms with Gasteiger partial charge in [0.15, 0.2) is 5.82 Å². The highest BCUT2D eigenvalue weighted by molar-refractivity contribution is 5.32. The molecule has 0 atom stereocenters. The molecule has 0 aliphatic heterocycles. The molecular formula is C18H21N5. The SMILES string of the molecule is CN(CCC(c1ccccc1)c1ccccc1)Cc1nn[nH]n1. The van der Waals surface area contributed by atoms with Gasteiger partial charge in [0.05, 0.1) is 6.54 Å². The second-order valence-corrected chi connectivity index (χ2v) is 5.73. The van der Waals surface area contributed by atoms with Gasteiger partial charge in [0.1, 0.15) is 0 Å². The van der Waals surface area contributed by atoms with E-state index in [0.717, 1.165) is 18.8 Å². The van der Waals surface area contributed by atoms with Gasteiger partial charge in [-0.3, -0.25) is 4.90 Å². The number of H-pyrrole nitrogens is 1. The number of hydrogen-bond acceptors (Lipinski definition) is 4. The van der Waals surface area contributed by atoms with Crippen LogP contribution in [0.5, 0.6) is 0 Å². The molecule has 0 saturated carbocycles. The summed E-state index contributed by atoms with van der Waals surface area (Å²) < 4.78 is 0. The van der Waals surface area contributed by atoms with E-state index in [4.69, 9.17) is 0 Å². The van der Waals surface area contributed by atoms with Crippen LogP contribution in [0.25, 0.3) is 0 Å². The van der Waals surface area contributed by atoms with Crippen LogP contribution < -0.4 is 0 Å². The highest BCUT2D eigenvalue weighted by atomic mass is 15.5. The summed E-state index contributed by atoms with van der Waals surface area (Å²) >= 11 is 0. The number of benzene rings is 2. The van der Waals surface area contributed by atoms with E-state index in [1.54, 1.807) is 0 Å². The van der Waals surface area contributed by atoms with Crippen LogP contribution in [0.4, 0.5) is 0 Å². The molecule has 23 heavy (non-hydrogen) atoms. The Kier molecular flexibility index (Phi) is 5.11. The first-order chi connectivity index (χ1) is 11.3. The fraction of sp³-hybridized carbons (Fsp3) is 0.278. The molecule has 0 saturated heterocycles. The van der Waals surface area contributed by atoms with Crippen LogP contribution >= 0.6 is 0 Å². The number of hydrogen-bond donors (Lipinski definition) is 1. The lowest BCUT2D eigenvalue weighted by molar-refractivity contribution is 0.308. The van der Waals surface area contributed by atoms with Crippen molar-refractivity contribution >= 4 is 0 Å². The Morgan fingerprint density at radius 1 is 0.957 bits per heavy atom. The van der Waals surface area contributed by atoms with E-state index in [2.05, 4.69) is 93.2 Å². The van der Waals surface area contributed by atoms with Gasteiger partial charge < -0.3 is 0 Å². The summed E-state index contributed by atoms with van der Waals surface area (Å²) in [5.41, 5.74) is 2.71. The van der Waals surface area contributed by atoms with Crippen LogP contribution in [0, 0.1) is 0 Å². The first-order valence-electron chi connectivity index (χ1n) is 7.83. The molecule has 118 valence electrons. The molecule has 1 N–H and O–H groups in total. The lowest BCUT2D eigenvalue weighted by Gasteiger charge is -2.22. The Balaban J connectivity index is 1.69. The van der Waals surface area contributed by atoms with Crippen molar-refractivity contribution in [2.24, 2.45) is 0 Å². The van der Waals surface area contributed by atoms with E-state index in [9.17, 15) is 0 Å². The van der Waals surface area contributed by atoms with Crippen molar-refractivity contribution in [2.45, 2.75) is 18.9 Å². The largest absolute Gasteiger partial charge is 0.299 e. The molecule has 1 aromatic heterocycles. The number of aromatic nitrogens is 4. The zero-order valence-electron chi connectivity index (χ0n) is 13.3. The molecule has 0 bridgehead atoms. The molecule has 0 aliphatic rings. The highest BCUT2D eigenvalue weighted by Crippen LogP contribution is 2.27. The Labute approximate surface area is 136 Å². The molecule has 3 aromatic rings. The topological polar surface area (TPSA) is 57.7 Å². The minimum absolute atomic E-state index is 0.394. The van der Waals surface area contributed by atoms with E-state index in [1.807, 2.05) is 0 Å². The van der Waals surface area contributed by atoms with Gasteiger partial charge in [-0.25, -0.2) is 0 Å². The molecular weight excluding hydrogens is 286 g/mol. The highest BCUT2D eigenvalue weighted by Gasteiger charge is 2.15. The van der Waals surface area contributed by atoms with Crippen molar-refractivity contribution in [3.63, 3.8) is 0 Å². The number of nitrogens with zero attached hydrogens (tertiary/aromatic N) is 4. The predicted molar refractivity (Wildman–Crippen MR) is 89.9 cm³/mol. The molecule has 1 heterocycles. The smallest absolute Gasteiger partial charge is 0.188 e. The summed E-state index contributed by atoms with van der Waals surface area (Å²) in [6, 6.07) is 21.4. The fourth-order valence-corrected chi connectivity index (χ4v) is 2.82. The summed E-state index contributed by atoms with van der Waals surface area (Å²) in [6.07, 6.45) is 1.04. The molecule has 5 nitrogen and oxygen atoms in total. The van der Waals surface area contributed by atoms with E-state index in [0.29, 0.717) is 12.5 Å². The van der Waals surface area contributed by atoms with Crippen molar-refractivity contribution < 1.29 is 0 Å². The molecule has 0 unspecified atom stereocenters. The minimum Gasteiger partial charge on any atom is -0.299 e. The Hall–Kier alpha value is -2.53. The normalized spacial score (nSPS) is 11.3. The van der Waals surface area contributed by atoms with Gasteiger partial charge in [-0.15, -0.1) is 10.2 Å². The molecule has 0 spiro atoms. The third-order valence-electron chi connectivity index (χ3n) is 4.00. The number of tetrazole rings is 1. The summed E-state index contributed by atoms with van der Waals surface area (Å²) in [7, 11) is 2.09. The lowest BCUT2D eigenvalue weighted by atomic mass is 9.88. The lowest BCUT2D eigenvalue weighted by Crippen LogP contribution is -2.22. The van der Waals surface area contributed by atoms with Crippen LogP contribution in [0.15, 0.2) is 60.7 Å². The third-order valence-corrected chi connectivity index (χ3v) is 4.00. The van der Waals surface area contributed by atoms with Gasteiger partial charge in [0, 0.05) is 5.92 Å². The quantitative estimate of drug-likeness (QED) is 0.729. The van der Waals surface area contributed by atoms with Gasteiger partial charge in [0.2, 0.25) is 0 Å². The van der Waals surface area contributed by atoms with Gasteiger partial charge >= 0.3 is 0 Å². The third kappa shape index (κ3) is 4.23. The van der Waals surface area contributed by atoms with Gasteiger partial charge in [-0.05, 0) is 31.1 Å². The summed E-state index contributed by atoms with van der Waals surface area (Å²) in [4.78, 5) is 2.23. The Bertz CT molecular complexity index is 642. The first-order valence-corrected chi connectivity index (χ1v) is 7.83. The number of nitrogens with one attached hydrogen (secondary N) is 1. The molecule has 0 amide bonds. The van der Waals surface area contributed by atoms with Gasteiger partial charge in [0.25, 0.3) is 0 Å². The molecule has 5 heteroatoms. The van der Waals surface area contributed by atoms with Crippen LogP contribution in [0.2, 0.25) is 0 Å². The Morgan fingerprint density at radius 3 is 2.09 bits per heavy atom. The average Bonchev–Trinajstić information content (AvgIpc) is 3.10. The van der Waals surface area contributed by atoms with E-state index in [-0.39, 0.29) is 0 Å². The maximum absolute atomic E-state index is 4.01. The average molecular weight is 307 g/mol. The Morgan fingerprint density at radius 2 is 1.57 bits per heavy atom. The molecule has 2 aromatic carbocycles. The summed E-state index contributed by atoms with van der Waals surface area (Å²) in [5, 5.41) is 14.1.